The predicted molar refractivity (Wildman–Crippen MR) is 183 cm³/mol. The number of nitrogens with zero attached hydrogens (tertiary/aromatic N) is 2. The predicted octanol–water partition coefficient (Wildman–Crippen LogP) is 6.01. The van der Waals surface area contributed by atoms with Crippen molar-refractivity contribution in [2.24, 2.45) is 0 Å². The summed E-state index contributed by atoms with van der Waals surface area (Å²) in [6, 6.07) is 13.3. The van der Waals surface area contributed by atoms with Crippen LogP contribution in [0.15, 0.2) is 53.4 Å². The molecule has 14 heteroatoms. The number of ether oxygens (including phenoxy) is 4. The number of likely N-dealkylation sites (N-methyl/N-ethyl adjacent to an activating group) is 2. The fraction of sp³-hybridized carbons (Fsp3) is 0.419. The van der Waals surface area contributed by atoms with Gasteiger partial charge in [0.25, 0.3) is 10.0 Å². The lowest BCUT2D eigenvalue weighted by Gasteiger charge is -2.17. The molecule has 2 aliphatic heterocycles. The Morgan fingerprint density at radius 1 is 0.800 bits per heavy atom. The van der Waals surface area contributed by atoms with Crippen LogP contribution in [0.2, 0.25) is 10.0 Å². The van der Waals surface area contributed by atoms with Gasteiger partial charge in [-0.15, -0.1) is 12.4 Å². The molecule has 0 bridgehead atoms. The van der Waals surface area contributed by atoms with E-state index in [1.807, 2.05) is 25.2 Å². The van der Waals surface area contributed by atoms with Gasteiger partial charge in [0.15, 0.2) is 11.5 Å². The quantitative estimate of drug-likeness (QED) is 0.259. The van der Waals surface area contributed by atoms with E-state index < -0.39 is 10.0 Å². The number of sulfonamides is 1. The lowest BCUT2D eigenvalue weighted by molar-refractivity contribution is 0.208. The van der Waals surface area contributed by atoms with Crippen LogP contribution in [0.4, 0.5) is 11.4 Å². The van der Waals surface area contributed by atoms with Gasteiger partial charge in [-0.25, -0.2) is 8.42 Å². The molecular formula is C31H41Cl3N4O6S. The van der Waals surface area contributed by atoms with Crippen molar-refractivity contribution < 1.29 is 27.4 Å². The number of halogens is 3. The summed E-state index contributed by atoms with van der Waals surface area (Å²) in [6.45, 7) is 3.96. The fourth-order valence-electron chi connectivity index (χ4n) is 5.31. The molecule has 5 rings (SSSR count). The van der Waals surface area contributed by atoms with Gasteiger partial charge in [-0.3, -0.25) is 4.72 Å². The van der Waals surface area contributed by atoms with Gasteiger partial charge in [0.2, 0.25) is 0 Å². The number of nitrogen functional groups attached to an aromatic ring is 1. The first-order valence-electron chi connectivity index (χ1n) is 14.1. The highest BCUT2D eigenvalue weighted by molar-refractivity contribution is 7.92. The molecule has 2 atom stereocenters. The molecule has 2 fully saturated rings. The molecule has 2 aliphatic rings. The minimum Gasteiger partial charge on any atom is -0.495 e. The molecule has 248 valence electrons. The van der Waals surface area contributed by atoms with Crippen molar-refractivity contribution in [3.63, 3.8) is 0 Å². The molecule has 2 heterocycles. The van der Waals surface area contributed by atoms with Gasteiger partial charge >= 0.3 is 0 Å². The van der Waals surface area contributed by atoms with E-state index in [9.17, 15) is 8.42 Å². The standard InChI is InChI=1S/C20H25ClN2O6S.C11H15ClN2.ClH/c1-23-8-7-14(12-23)29-16-9-13(5-6-15(16)21)22-30(24,25)20-11-18(27-3)17(26-2)10-19(20)28-4;1-14-5-4-8(7-14)10-6-9(13)2-3-11(10)12;/h5-6,9-11,14,22H,7-8,12H2,1-4H3;2-3,6,8H,4-5,7,13H2,1H3;1H/t14-;8-;/m10./s1. The number of nitrogens with two attached hydrogens (primary N) is 1. The first kappa shape index (κ1) is 36.7. The highest BCUT2D eigenvalue weighted by atomic mass is 35.5. The van der Waals surface area contributed by atoms with E-state index in [2.05, 4.69) is 21.6 Å². The summed E-state index contributed by atoms with van der Waals surface area (Å²) in [6.07, 6.45) is 2.07. The minimum absolute atomic E-state index is 0. The van der Waals surface area contributed by atoms with E-state index in [-0.39, 0.29) is 34.9 Å². The van der Waals surface area contributed by atoms with E-state index in [1.165, 1.54) is 45.4 Å². The van der Waals surface area contributed by atoms with Crippen molar-refractivity contribution in [3.05, 3.63) is 64.1 Å². The minimum atomic E-state index is -4.00. The summed E-state index contributed by atoms with van der Waals surface area (Å²) < 4.78 is 50.3. The molecule has 10 nitrogen and oxygen atoms in total. The lowest BCUT2D eigenvalue weighted by atomic mass is 9.98. The highest BCUT2D eigenvalue weighted by Gasteiger charge is 2.26. The second-order valence-corrected chi connectivity index (χ2v) is 13.4. The summed E-state index contributed by atoms with van der Waals surface area (Å²) in [5, 5.41) is 1.26. The second kappa shape index (κ2) is 16.2. The third-order valence-corrected chi connectivity index (χ3v) is 9.69. The van der Waals surface area contributed by atoms with Crippen molar-refractivity contribution >= 4 is 57.0 Å². The van der Waals surface area contributed by atoms with Crippen molar-refractivity contribution in [2.45, 2.75) is 29.8 Å². The smallest absolute Gasteiger partial charge is 0.265 e. The van der Waals surface area contributed by atoms with Crippen LogP contribution in [0, 0.1) is 0 Å². The molecule has 0 amide bonds. The highest BCUT2D eigenvalue weighted by Crippen LogP contribution is 2.38. The molecule has 0 saturated carbocycles. The SMILES string of the molecule is CN1CC[C@H](c2cc(N)ccc2Cl)C1.COc1cc(OC)c(S(=O)(=O)Nc2ccc(Cl)c(O[C@@H]3CCN(C)C3)c2)cc1OC.Cl. The molecular weight excluding hydrogens is 663 g/mol. The van der Waals surface area contributed by atoms with Crippen molar-refractivity contribution in [3.8, 4) is 23.0 Å². The number of hydrogen-bond acceptors (Lipinski definition) is 9. The van der Waals surface area contributed by atoms with Crippen molar-refractivity contribution in [2.75, 3.05) is 72.1 Å². The van der Waals surface area contributed by atoms with Crippen LogP contribution >= 0.6 is 35.6 Å². The molecule has 3 N–H and O–H groups in total. The van der Waals surface area contributed by atoms with Gasteiger partial charge < -0.3 is 34.5 Å². The van der Waals surface area contributed by atoms with Gasteiger partial charge in [-0.2, -0.15) is 0 Å². The third-order valence-electron chi connectivity index (χ3n) is 7.64. The summed E-state index contributed by atoms with van der Waals surface area (Å²) in [4.78, 5) is 4.40. The average Bonchev–Trinajstić information content (AvgIpc) is 3.62. The van der Waals surface area contributed by atoms with Crippen LogP contribution < -0.4 is 29.4 Å². The van der Waals surface area contributed by atoms with Gasteiger partial charge in [0.1, 0.15) is 22.5 Å². The van der Waals surface area contributed by atoms with Crippen LogP contribution in [0.25, 0.3) is 0 Å². The van der Waals surface area contributed by atoms with Crippen molar-refractivity contribution in [1.29, 1.82) is 0 Å². The Balaban J connectivity index is 0.000000308. The monoisotopic (exact) mass is 702 g/mol. The van der Waals surface area contributed by atoms with Gasteiger partial charge in [0, 0.05) is 48.5 Å². The summed E-state index contributed by atoms with van der Waals surface area (Å²) in [5.41, 5.74) is 8.08. The number of likely N-dealkylation sites (tertiary alicyclic amines) is 2. The van der Waals surface area contributed by atoms with E-state index in [0.717, 1.165) is 43.3 Å². The van der Waals surface area contributed by atoms with Gasteiger partial charge in [0.05, 0.1) is 32.0 Å². The molecule has 3 aromatic carbocycles. The van der Waals surface area contributed by atoms with E-state index in [0.29, 0.717) is 28.1 Å². The molecule has 0 aliphatic carbocycles. The zero-order valence-corrected chi connectivity index (χ0v) is 29.2. The van der Waals surface area contributed by atoms with E-state index >= 15 is 0 Å². The number of rotatable bonds is 9. The zero-order valence-electron chi connectivity index (χ0n) is 26.0. The number of anilines is 2. The Labute approximate surface area is 282 Å². The lowest BCUT2D eigenvalue weighted by Crippen LogP contribution is -2.21. The molecule has 0 radical (unpaired) electrons. The zero-order chi connectivity index (χ0) is 32.0. The van der Waals surface area contributed by atoms with Crippen LogP contribution in [-0.4, -0.2) is 85.9 Å². The fourth-order valence-corrected chi connectivity index (χ4v) is 6.96. The molecule has 0 spiro atoms. The van der Waals surface area contributed by atoms with E-state index in [4.69, 9.17) is 47.9 Å². The van der Waals surface area contributed by atoms with E-state index in [1.54, 1.807) is 18.2 Å². The largest absolute Gasteiger partial charge is 0.495 e. The van der Waals surface area contributed by atoms with Crippen LogP contribution in [-0.2, 0) is 10.0 Å². The average molecular weight is 704 g/mol. The van der Waals surface area contributed by atoms with Gasteiger partial charge in [-0.1, -0.05) is 23.2 Å². The van der Waals surface area contributed by atoms with Crippen molar-refractivity contribution in [1.82, 2.24) is 9.80 Å². The Morgan fingerprint density at radius 2 is 1.42 bits per heavy atom. The molecule has 3 aromatic rings. The molecule has 0 unspecified atom stereocenters. The van der Waals surface area contributed by atoms with Crippen LogP contribution in [0.1, 0.15) is 24.3 Å². The van der Waals surface area contributed by atoms with Gasteiger partial charge in [-0.05, 0) is 75.3 Å². The van der Waals surface area contributed by atoms with Crippen LogP contribution in [0.3, 0.4) is 0 Å². The molecule has 0 aromatic heterocycles. The number of nitrogens with one attached hydrogen (secondary N) is 1. The Bertz CT molecular complexity index is 1560. The summed E-state index contributed by atoms with van der Waals surface area (Å²) in [7, 11) is 4.43. The summed E-state index contributed by atoms with van der Waals surface area (Å²) >= 11 is 12.4. The maximum Gasteiger partial charge on any atom is 0.265 e. The third kappa shape index (κ3) is 9.37. The number of benzene rings is 3. The number of methoxy groups -OCH3 is 3. The second-order valence-electron chi connectivity index (χ2n) is 10.9. The maximum absolute atomic E-state index is 13.1. The number of hydrogen-bond donors (Lipinski definition) is 2. The first-order chi connectivity index (χ1) is 20.9. The summed E-state index contributed by atoms with van der Waals surface area (Å²) in [5.74, 6) is 1.73. The Kier molecular flexibility index (Phi) is 13.2. The molecule has 45 heavy (non-hydrogen) atoms. The molecule has 2 saturated heterocycles. The maximum atomic E-state index is 13.1. The Hall–Kier alpha value is -2.80. The normalized spacial score (nSPS) is 18.4. The first-order valence-corrected chi connectivity index (χ1v) is 16.4. The Morgan fingerprint density at radius 3 is 2.02 bits per heavy atom. The topological polar surface area (TPSA) is 116 Å². The van der Waals surface area contributed by atoms with Crippen LogP contribution in [0.5, 0.6) is 23.0 Å².